The first-order chi connectivity index (χ1) is 4.46. The van der Waals surface area contributed by atoms with Crippen molar-refractivity contribution >= 4 is 11.9 Å². The molecule has 0 rings (SSSR count). The molecule has 0 aromatic rings. The molecule has 0 fully saturated rings. The third-order valence-electron chi connectivity index (χ3n) is 0.794. The monoisotopic (exact) mass is 172 g/mol. The van der Waals surface area contributed by atoms with Crippen molar-refractivity contribution in [2.45, 2.75) is 12.2 Å². The van der Waals surface area contributed by atoms with Gasteiger partial charge in [0.1, 0.15) is 6.10 Å². The van der Waals surface area contributed by atoms with Gasteiger partial charge in [0.05, 0.1) is 5.97 Å². The van der Waals surface area contributed by atoms with E-state index in [0.29, 0.717) is 0 Å². The third-order valence-corrected chi connectivity index (χ3v) is 0.794. The second-order valence-corrected chi connectivity index (χ2v) is 1.55. The number of aliphatic hydroxyl groups is 2. The fraction of sp³-hybridized carbons (Fsp3) is 0.500. The maximum atomic E-state index is 9.74. The molecule has 0 spiro atoms. The molecule has 58 valence electrons. The third kappa shape index (κ3) is 4.33. The first-order valence-electron chi connectivity index (χ1n) is 2.26. The Morgan fingerprint density at radius 2 is 1.55 bits per heavy atom. The van der Waals surface area contributed by atoms with Gasteiger partial charge in [-0.3, -0.25) is 0 Å². The number of rotatable bonds is 3. The van der Waals surface area contributed by atoms with Crippen LogP contribution < -0.4 is 34.7 Å². The van der Waals surface area contributed by atoms with Crippen LogP contribution in [-0.2, 0) is 9.59 Å². The minimum atomic E-state index is -2.38. The van der Waals surface area contributed by atoms with Gasteiger partial charge in [-0.25, -0.2) is 4.79 Å². The zero-order chi connectivity index (χ0) is 8.31. The zero-order valence-corrected chi connectivity index (χ0v) is 7.72. The average Bonchev–Trinajstić information content (AvgIpc) is 1.84. The SMILES string of the molecule is O=C([O-])[C@H](O)[C@@H](O)C(=O)O.[Na+]. The van der Waals surface area contributed by atoms with Gasteiger partial charge < -0.3 is 25.2 Å². The van der Waals surface area contributed by atoms with Gasteiger partial charge in [0.15, 0.2) is 6.10 Å². The Labute approximate surface area is 83.7 Å². The Morgan fingerprint density at radius 3 is 1.64 bits per heavy atom. The average molecular weight is 172 g/mol. The fourth-order valence-corrected chi connectivity index (χ4v) is 0.264. The van der Waals surface area contributed by atoms with E-state index in [4.69, 9.17) is 15.3 Å². The maximum Gasteiger partial charge on any atom is 1.00 e. The van der Waals surface area contributed by atoms with E-state index in [9.17, 15) is 14.7 Å². The Hall–Kier alpha value is -0.140. The molecule has 0 aliphatic carbocycles. The van der Waals surface area contributed by atoms with Crippen molar-refractivity contribution in [2.75, 3.05) is 0 Å². The summed E-state index contributed by atoms with van der Waals surface area (Å²) in [6.07, 6.45) is -4.71. The molecule has 0 radical (unpaired) electrons. The molecule has 0 aromatic heterocycles. The van der Waals surface area contributed by atoms with Crippen LogP contribution in [0, 0.1) is 0 Å². The number of carboxylic acids is 2. The number of carboxylic acid groups (broad SMARTS) is 2. The van der Waals surface area contributed by atoms with Gasteiger partial charge in [0.25, 0.3) is 0 Å². The van der Waals surface area contributed by atoms with Crippen LogP contribution in [0.2, 0.25) is 0 Å². The van der Waals surface area contributed by atoms with E-state index >= 15 is 0 Å². The predicted octanol–water partition coefficient (Wildman–Crippen LogP) is -6.45. The normalized spacial score (nSPS) is 14.4. The fourth-order valence-electron chi connectivity index (χ4n) is 0.264. The standard InChI is InChI=1S/C4H6O6.Na/c5-1(3(7)8)2(6)4(9)10;/h1-2,5-6H,(H,7,8)(H,9,10);/q;+1/p-1/t1-,2-;/m1./s1. The minimum Gasteiger partial charge on any atom is -0.547 e. The molecule has 2 atom stereocenters. The molecule has 0 amide bonds. The summed E-state index contributed by atoms with van der Waals surface area (Å²) in [5, 5.41) is 34.1. The number of hydrogen-bond acceptors (Lipinski definition) is 5. The van der Waals surface area contributed by atoms with Crippen LogP contribution >= 0.6 is 0 Å². The Kier molecular flexibility index (Phi) is 6.73. The molecule has 7 heteroatoms. The molecule has 0 aliphatic rings. The molecule has 3 N–H and O–H groups in total. The summed E-state index contributed by atoms with van der Waals surface area (Å²) in [5.74, 6) is -3.83. The van der Waals surface area contributed by atoms with Crippen molar-refractivity contribution in [1.82, 2.24) is 0 Å². The van der Waals surface area contributed by atoms with Crippen molar-refractivity contribution in [3.63, 3.8) is 0 Å². The molecule has 0 aromatic carbocycles. The maximum absolute atomic E-state index is 9.74. The van der Waals surface area contributed by atoms with Crippen molar-refractivity contribution in [1.29, 1.82) is 0 Å². The van der Waals surface area contributed by atoms with Crippen LogP contribution in [0.4, 0.5) is 0 Å². The summed E-state index contributed by atoms with van der Waals surface area (Å²) < 4.78 is 0. The smallest absolute Gasteiger partial charge is 0.547 e. The zero-order valence-electron chi connectivity index (χ0n) is 5.72. The number of aliphatic carboxylic acids is 2. The summed E-state index contributed by atoms with van der Waals surface area (Å²) in [7, 11) is 0. The van der Waals surface area contributed by atoms with Gasteiger partial charge in [-0.1, -0.05) is 0 Å². The minimum absolute atomic E-state index is 0. The molecular weight excluding hydrogens is 167 g/mol. The topological polar surface area (TPSA) is 118 Å². The largest absolute Gasteiger partial charge is 1.00 e. The van der Waals surface area contributed by atoms with Crippen molar-refractivity contribution < 1.29 is 59.6 Å². The number of hydrogen-bond donors (Lipinski definition) is 3. The second-order valence-electron chi connectivity index (χ2n) is 1.55. The number of carbonyl (C=O) groups is 2. The Morgan fingerprint density at radius 1 is 1.18 bits per heavy atom. The molecule has 0 heterocycles. The molecule has 0 bridgehead atoms. The summed E-state index contributed by atoms with van der Waals surface area (Å²) in [4.78, 5) is 19.4. The quantitative estimate of drug-likeness (QED) is 0.364. The molecular formula is C4H5NaO6. The van der Waals surface area contributed by atoms with Crippen LogP contribution in [0.5, 0.6) is 0 Å². The van der Waals surface area contributed by atoms with Crippen LogP contribution in [0.15, 0.2) is 0 Å². The van der Waals surface area contributed by atoms with Gasteiger partial charge in [-0.15, -0.1) is 0 Å². The van der Waals surface area contributed by atoms with Gasteiger partial charge in [0.2, 0.25) is 0 Å². The van der Waals surface area contributed by atoms with Crippen LogP contribution in [0.25, 0.3) is 0 Å². The Balaban J connectivity index is 0. The van der Waals surface area contributed by atoms with E-state index in [1.165, 1.54) is 0 Å². The van der Waals surface area contributed by atoms with Gasteiger partial charge >= 0.3 is 35.5 Å². The van der Waals surface area contributed by atoms with E-state index in [1.54, 1.807) is 0 Å². The van der Waals surface area contributed by atoms with Crippen LogP contribution in [0.3, 0.4) is 0 Å². The van der Waals surface area contributed by atoms with E-state index in [2.05, 4.69) is 0 Å². The van der Waals surface area contributed by atoms with E-state index < -0.39 is 24.1 Å². The molecule has 0 unspecified atom stereocenters. The molecule has 0 saturated heterocycles. The summed E-state index contributed by atoms with van der Waals surface area (Å²) >= 11 is 0. The second kappa shape index (κ2) is 5.50. The number of aliphatic hydroxyl groups excluding tert-OH is 2. The van der Waals surface area contributed by atoms with Gasteiger partial charge in [-0.2, -0.15) is 0 Å². The predicted molar refractivity (Wildman–Crippen MR) is 24.7 cm³/mol. The first kappa shape index (κ1) is 13.4. The van der Waals surface area contributed by atoms with Gasteiger partial charge in [0, 0.05) is 0 Å². The van der Waals surface area contributed by atoms with Crippen LogP contribution in [0.1, 0.15) is 0 Å². The summed E-state index contributed by atoms with van der Waals surface area (Å²) in [6.45, 7) is 0. The van der Waals surface area contributed by atoms with Crippen molar-refractivity contribution in [3.8, 4) is 0 Å². The van der Waals surface area contributed by atoms with Crippen LogP contribution in [-0.4, -0.2) is 39.5 Å². The van der Waals surface area contributed by atoms with Crippen molar-refractivity contribution in [2.24, 2.45) is 0 Å². The van der Waals surface area contributed by atoms with Gasteiger partial charge in [-0.05, 0) is 0 Å². The molecule has 6 nitrogen and oxygen atoms in total. The summed E-state index contributed by atoms with van der Waals surface area (Å²) in [5.41, 5.74) is 0. The van der Waals surface area contributed by atoms with Crippen molar-refractivity contribution in [3.05, 3.63) is 0 Å². The van der Waals surface area contributed by atoms with E-state index in [0.717, 1.165) is 0 Å². The molecule has 0 aliphatic heterocycles. The molecule has 11 heavy (non-hydrogen) atoms. The van der Waals surface area contributed by atoms with E-state index in [1.807, 2.05) is 0 Å². The number of carbonyl (C=O) groups excluding carboxylic acids is 1. The molecule has 0 saturated carbocycles. The Bertz CT molecular complexity index is 139. The van der Waals surface area contributed by atoms with E-state index in [-0.39, 0.29) is 29.6 Å². The summed E-state index contributed by atoms with van der Waals surface area (Å²) in [6, 6.07) is 0. The first-order valence-corrected chi connectivity index (χ1v) is 2.26.